The molecule has 0 saturated heterocycles. The molecule has 23 heavy (non-hydrogen) atoms. The third-order valence-electron chi connectivity index (χ3n) is 4.40. The molecule has 4 nitrogen and oxygen atoms in total. The third-order valence-corrected chi connectivity index (χ3v) is 4.40. The molecule has 114 valence electrons. The van der Waals surface area contributed by atoms with E-state index in [4.69, 9.17) is 0 Å². The summed E-state index contributed by atoms with van der Waals surface area (Å²) in [7, 11) is 0. The normalized spacial score (nSPS) is 12.9. The molecular weight excluding hydrogens is 292 g/mol. The van der Waals surface area contributed by atoms with Crippen LogP contribution in [0.15, 0.2) is 54.6 Å². The smallest absolute Gasteiger partial charge is 0.204 e. The summed E-state index contributed by atoms with van der Waals surface area (Å²) in [5.41, 5.74) is 4.43. The second-order valence-electron chi connectivity index (χ2n) is 5.64. The van der Waals surface area contributed by atoms with Crippen LogP contribution in [0.1, 0.15) is 22.6 Å². The molecule has 4 rings (SSSR count). The molecule has 1 aliphatic rings. The molecular formula is C19H14O4. The molecule has 0 bridgehead atoms. The van der Waals surface area contributed by atoms with Gasteiger partial charge in [-0.1, -0.05) is 48.5 Å². The van der Waals surface area contributed by atoms with Crippen molar-refractivity contribution in [3.05, 3.63) is 71.3 Å². The van der Waals surface area contributed by atoms with Gasteiger partial charge in [0.2, 0.25) is 11.5 Å². The van der Waals surface area contributed by atoms with Crippen molar-refractivity contribution < 1.29 is 20.4 Å². The largest absolute Gasteiger partial charge is 0.504 e. The summed E-state index contributed by atoms with van der Waals surface area (Å²) in [6, 6.07) is 16.9. The first kappa shape index (κ1) is 13.5. The summed E-state index contributed by atoms with van der Waals surface area (Å²) >= 11 is 0. The molecule has 0 saturated carbocycles. The predicted molar refractivity (Wildman–Crippen MR) is 85.9 cm³/mol. The molecule has 0 radical (unpaired) electrons. The zero-order valence-corrected chi connectivity index (χ0v) is 12.1. The van der Waals surface area contributed by atoms with Gasteiger partial charge in [-0.05, 0) is 28.3 Å². The lowest BCUT2D eigenvalue weighted by Crippen LogP contribution is -2.00. The van der Waals surface area contributed by atoms with E-state index in [2.05, 4.69) is 0 Å². The lowest BCUT2D eigenvalue weighted by molar-refractivity contribution is 0.343. The Morgan fingerprint density at radius 2 is 1.09 bits per heavy atom. The maximum absolute atomic E-state index is 10.3. The van der Waals surface area contributed by atoms with Crippen molar-refractivity contribution >= 4 is 0 Å². The van der Waals surface area contributed by atoms with Crippen molar-refractivity contribution in [2.45, 2.75) is 5.92 Å². The second-order valence-corrected chi connectivity index (χ2v) is 5.64. The van der Waals surface area contributed by atoms with E-state index in [0.717, 1.165) is 22.3 Å². The maximum Gasteiger partial charge on any atom is 0.204 e. The SMILES string of the molecule is Oc1cc(C2c3ccccc3-c3ccccc32)c(O)c(O)c1O. The van der Waals surface area contributed by atoms with Crippen molar-refractivity contribution in [1.82, 2.24) is 0 Å². The van der Waals surface area contributed by atoms with Gasteiger partial charge in [-0.2, -0.15) is 0 Å². The summed E-state index contributed by atoms with van der Waals surface area (Å²) < 4.78 is 0. The van der Waals surface area contributed by atoms with Gasteiger partial charge in [-0.25, -0.2) is 0 Å². The first-order chi connectivity index (χ1) is 11.1. The van der Waals surface area contributed by atoms with Crippen LogP contribution in [0.4, 0.5) is 0 Å². The summed E-state index contributed by atoms with van der Waals surface area (Å²) in [5.74, 6) is -2.62. The predicted octanol–water partition coefficient (Wildman–Crippen LogP) is 3.67. The molecule has 0 atom stereocenters. The monoisotopic (exact) mass is 306 g/mol. The fourth-order valence-electron chi connectivity index (χ4n) is 3.36. The van der Waals surface area contributed by atoms with Crippen LogP contribution in [0.3, 0.4) is 0 Å². The van der Waals surface area contributed by atoms with Gasteiger partial charge in [0, 0.05) is 11.5 Å². The lowest BCUT2D eigenvalue weighted by atomic mass is 9.88. The van der Waals surface area contributed by atoms with Gasteiger partial charge < -0.3 is 20.4 Å². The van der Waals surface area contributed by atoms with E-state index in [1.807, 2.05) is 48.5 Å². The summed E-state index contributed by atoms with van der Waals surface area (Å²) in [4.78, 5) is 0. The molecule has 4 N–H and O–H groups in total. The first-order valence-electron chi connectivity index (χ1n) is 7.24. The minimum atomic E-state index is -0.717. The molecule has 0 aromatic heterocycles. The lowest BCUT2D eigenvalue weighted by Gasteiger charge is -2.17. The second kappa shape index (κ2) is 4.68. The van der Waals surface area contributed by atoms with E-state index in [0.29, 0.717) is 5.56 Å². The highest BCUT2D eigenvalue weighted by atomic mass is 16.3. The van der Waals surface area contributed by atoms with Crippen LogP contribution < -0.4 is 0 Å². The molecule has 3 aromatic carbocycles. The highest BCUT2D eigenvalue weighted by molar-refractivity contribution is 5.82. The third kappa shape index (κ3) is 1.78. The van der Waals surface area contributed by atoms with E-state index in [1.165, 1.54) is 6.07 Å². The number of rotatable bonds is 1. The average Bonchev–Trinajstić information content (AvgIpc) is 2.91. The van der Waals surface area contributed by atoms with Crippen molar-refractivity contribution in [3.8, 4) is 34.1 Å². The number of benzene rings is 3. The number of aromatic hydroxyl groups is 4. The van der Waals surface area contributed by atoms with Crippen LogP contribution in [0.25, 0.3) is 11.1 Å². The molecule has 0 spiro atoms. The van der Waals surface area contributed by atoms with Crippen LogP contribution in [0.5, 0.6) is 23.0 Å². The van der Waals surface area contributed by atoms with E-state index >= 15 is 0 Å². The average molecular weight is 306 g/mol. The van der Waals surface area contributed by atoms with Gasteiger partial charge in [-0.15, -0.1) is 0 Å². The standard InChI is InChI=1S/C19H14O4/c20-15-9-14(17(21)19(23)18(15)22)16-12-7-3-1-5-10(12)11-6-2-4-8-13(11)16/h1-9,16,20-23H. The molecule has 0 unspecified atom stereocenters. The minimum absolute atomic E-state index is 0.320. The van der Waals surface area contributed by atoms with Gasteiger partial charge in [0.25, 0.3) is 0 Å². The molecule has 1 aliphatic carbocycles. The Morgan fingerprint density at radius 1 is 0.565 bits per heavy atom. The van der Waals surface area contributed by atoms with Crippen molar-refractivity contribution in [1.29, 1.82) is 0 Å². The highest BCUT2D eigenvalue weighted by Crippen LogP contribution is 2.54. The molecule has 0 amide bonds. The van der Waals surface area contributed by atoms with Crippen LogP contribution in [0.2, 0.25) is 0 Å². The summed E-state index contributed by atoms with van der Waals surface area (Å²) in [6.45, 7) is 0. The van der Waals surface area contributed by atoms with Gasteiger partial charge in [0.15, 0.2) is 11.5 Å². The number of phenols is 4. The van der Waals surface area contributed by atoms with Gasteiger partial charge in [0.05, 0.1) is 0 Å². The summed E-state index contributed by atoms with van der Waals surface area (Å²) in [6.07, 6.45) is 0. The first-order valence-corrected chi connectivity index (χ1v) is 7.24. The zero-order valence-electron chi connectivity index (χ0n) is 12.1. The number of phenolic OH excluding ortho intramolecular Hbond substituents is 4. The Bertz CT molecular complexity index is 885. The fraction of sp³-hybridized carbons (Fsp3) is 0.0526. The Morgan fingerprint density at radius 3 is 1.65 bits per heavy atom. The van der Waals surface area contributed by atoms with Gasteiger partial charge in [0.1, 0.15) is 0 Å². The maximum atomic E-state index is 10.3. The molecule has 3 aromatic rings. The van der Waals surface area contributed by atoms with Crippen LogP contribution in [-0.4, -0.2) is 20.4 Å². The Kier molecular flexibility index (Phi) is 2.75. The van der Waals surface area contributed by atoms with E-state index in [9.17, 15) is 20.4 Å². The fourth-order valence-corrected chi connectivity index (χ4v) is 3.36. The zero-order chi connectivity index (χ0) is 16.1. The van der Waals surface area contributed by atoms with Crippen LogP contribution in [0, 0.1) is 0 Å². The van der Waals surface area contributed by atoms with E-state index < -0.39 is 23.0 Å². The molecule has 0 fully saturated rings. The van der Waals surface area contributed by atoms with Crippen molar-refractivity contribution in [3.63, 3.8) is 0 Å². The van der Waals surface area contributed by atoms with Crippen LogP contribution >= 0.6 is 0 Å². The van der Waals surface area contributed by atoms with E-state index in [1.54, 1.807) is 0 Å². The van der Waals surface area contributed by atoms with Crippen molar-refractivity contribution in [2.75, 3.05) is 0 Å². The van der Waals surface area contributed by atoms with Gasteiger partial charge >= 0.3 is 0 Å². The Labute approximate surface area is 132 Å². The summed E-state index contributed by atoms with van der Waals surface area (Å²) in [5, 5.41) is 39.6. The highest BCUT2D eigenvalue weighted by Gasteiger charge is 2.33. The number of fused-ring (bicyclic) bond motifs is 3. The van der Waals surface area contributed by atoms with Gasteiger partial charge in [-0.3, -0.25) is 0 Å². The number of hydrogen-bond donors (Lipinski definition) is 4. The molecule has 4 heteroatoms. The number of hydrogen-bond acceptors (Lipinski definition) is 4. The minimum Gasteiger partial charge on any atom is -0.504 e. The van der Waals surface area contributed by atoms with Crippen LogP contribution in [-0.2, 0) is 0 Å². The topological polar surface area (TPSA) is 80.9 Å². The van der Waals surface area contributed by atoms with Crippen molar-refractivity contribution in [2.24, 2.45) is 0 Å². The molecule has 0 aliphatic heterocycles. The Balaban J connectivity index is 2.04. The quantitative estimate of drug-likeness (QED) is 0.319. The molecule has 0 heterocycles. The Hall–Kier alpha value is -3.14. The van der Waals surface area contributed by atoms with E-state index in [-0.39, 0.29) is 5.92 Å².